The number of hydrogen-bond acceptors (Lipinski definition) is 5. The van der Waals surface area contributed by atoms with Gasteiger partial charge in [0.2, 0.25) is 0 Å². The van der Waals surface area contributed by atoms with Crippen molar-refractivity contribution in [1.82, 2.24) is 9.78 Å². The van der Waals surface area contributed by atoms with Crippen LogP contribution in [0.5, 0.6) is 0 Å². The molecule has 116 valence electrons. The lowest BCUT2D eigenvalue weighted by Crippen LogP contribution is -1.98. The number of nitrogens with zero attached hydrogens (tertiary/aromatic N) is 3. The Kier molecular flexibility index (Phi) is 3.75. The zero-order valence-electron chi connectivity index (χ0n) is 11.9. The van der Waals surface area contributed by atoms with Crippen LogP contribution in [0.4, 0.5) is 4.39 Å². The molecule has 3 rings (SSSR count). The molecule has 0 unspecified atom stereocenters. The van der Waals surface area contributed by atoms with Crippen molar-refractivity contribution in [2.24, 2.45) is 0 Å². The van der Waals surface area contributed by atoms with Crippen LogP contribution in [0.15, 0.2) is 46.7 Å². The minimum Gasteiger partial charge on any atom is -0.231 e. The van der Waals surface area contributed by atoms with Crippen molar-refractivity contribution in [2.45, 2.75) is 4.21 Å². The van der Waals surface area contributed by atoms with Crippen molar-refractivity contribution < 1.29 is 12.8 Å². The predicted octanol–water partition coefficient (Wildman–Crippen LogP) is 3.02. The molecule has 0 bridgehead atoms. The first-order chi connectivity index (χ1) is 10.9. The van der Waals surface area contributed by atoms with Crippen LogP contribution in [0.25, 0.3) is 16.3 Å². The van der Waals surface area contributed by atoms with Crippen LogP contribution in [-0.4, -0.2) is 24.5 Å². The average molecular weight is 347 g/mol. The van der Waals surface area contributed by atoms with Crippen LogP contribution >= 0.6 is 11.3 Å². The molecular formula is C15H10FN3O2S2. The normalized spacial score (nSPS) is 11.3. The van der Waals surface area contributed by atoms with Crippen molar-refractivity contribution in [3.8, 4) is 22.3 Å². The van der Waals surface area contributed by atoms with E-state index in [2.05, 4.69) is 5.10 Å². The standard InChI is InChI=1S/C15H10FN3O2S2/c1-23(20,21)15-7-6-14(22-15)13-8-11(9-17)18-19(13)12-4-2-10(16)3-5-12/h2-8H,1H3. The molecule has 0 amide bonds. The summed E-state index contributed by atoms with van der Waals surface area (Å²) in [5, 5.41) is 13.2. The molecule has 0 N–H and O–H groups in total. The molecule has 0 aliphatic rings. The van der Waals surface area contributed by atoms with Gasteiger partial charge >= 0.3 is 0 Å². The number of aromatic nitrogens is 2. The number of thiophene rings is 1. The van der Waals surface area contributed by atoms with Crippen molar-refractivity contribution in [2.75, 3.05) is 6.26 Å². The Morgan fingerprint density at radius 2 is 1.91 bits per heavy atom. The minimum atomic E-state index is -3.30. The molecule has 3 aromatic rings. The topological polar surface area (TPSA) is 75.8 Å². The lowest BCUT2D eigenvalue weighted by molar-refractivity contribution is 0.604. The highest BCUT2D eigenvalue weighted by Crippen LogP contribution is 2.32. The van der Waals surface area contributed by atoms with Gasteiger partial charge < -0.3 is 0 Å². The second-order valence-corrected chi connectivity index (χ2v) is 8.13. The van der Waals surface area contributed by atoms with E-state index in [1.165, 1.54) is 35.0 Å². The van der Waals surface area contributed by atoms with Crippen LogP contribution in [0.3, 0.4) is 0 Å². The Labute approximate surface area is 136 Å². The lowest BCUT2D eigenvalue weighted by atomic mass is 10.3. The number of nitriles is 1. The summed E-state index contributed by atoms with van der Waals surface area (Å²) in [6, 6.07) is 12.4. The van der Waals surface area contributed by atoms with Gasteiger partial charge in [0.05, 0.1) is 16.3 Å². The quantitative estimate of drug-likeness (QED) is 0.730. The maximum absolute atomic E-state index is 13.1. The first-order valence-electron chi connectivity index (χ1n) is 6.45. The molecule has 0 aliphatic heterocycles. The number of benzene rings is 1. The summed E-state index contributed by atoms with van der Waals surface area (Å²) >= 11 is 1.10. The van der Waals surface area contributed by atoms with Crippen molar-refractivity contribution in [3.63, 3.8) is 0 Å². The fourth-order valence-corrected chi connectivity index (χ4v) is 3.98. The van der Waals surface area contributed by atoms with Gasteiger partial charge in [-0.1, -0.05) is 0 Å². The molecular weight excluding hydrogens is 337 g/mol. The van der Waals surface area contributed by atoms with Crippen molar-refractivity contribution in [1.29, 1.82) is 5.26 Å². The fraction of sp³-hybridized carbons (Fsp3) is 0.0667. The molecule has 0 saturated carbocycles. The summed E-state index contributed by atoms with van der Waals surface area (Å²) in [5.74, 6) is -0.376. The van der Waals surface area contributed by atoms with Gasteiger partial charge in [0.25, 0.3) is 0 Å². The molecule has 8 heteroatoms. The molecule has 5 nitrogen and oxygen atoms in total. The number of rotatable bonds is 3. The summed E-state index contributed by atoms with van der Waals surface area (Å²) < 4.78 is 38.1. The molecule has 1 aromatic carbocycles. The maximum Gasteiger partial charge on any atom is 0.184 e. The molecule has 0 fully saturated rings. The number of halogens is 1. The Bertz CT molecular complexity index is 1010. The van der Waals surface area contributed by atoms with E-state index in [0.717, 1.165) is 17.6 Å². The molecule has 23 heavy (non-hydrogen) atoms. The van der Waals surface area contributed by atoms with Crippen LogP contribution in [0.2, 0.25) is 0 Å². The van der Waals surface area contributed by atoms with Crippen LogP contribution in [0.1, 0.15) is 5.69 Å². The third-order valence-corrected chi connectivity index (χ3v) is 6.02. The van der Waals surface area contributed by atoms with E-state index in [9.17, 15) is 12.8 Å². The lowest BCUT2D eigenvalue weighted by Gasteiger charge is -2.05. The molecule has 0 radical (unpaired) electrons. The van der Waals surface area contributed by atoms with Gasteiger partial charge in [-0.3, -0.25) is 0 Å². The van der Waals surface area contributed by atoms with E-state index < -0.39 is 9.84 Å². The van der Waals surface area contributed by atoms with Crippen molar-refractivity contribution in [3.05, 3.63) is 54.0 Å². The van der Waals surface area contributed by atoms with Gasteiger partial charge in [-0.05, 0) is 36.4 Å². The van der Waals surface area contributed by atoms with E-state index in [-0.39, 0.29) is 15.7 Å². The monoisotopic (exact) mass is 347 g/mol. The molecule has 0 atom stereocenters. The minimum absolute atomic E-state index is 0.193. The van der Waals surface area contributed by atoms with Crippen LogP contribution in [0, 0.1) is 17.1 Å². The zero-order chi connectivity index (χ0) is 16.6. The molecule has 0 aliphatic carbocycles. The Morgan fingerprint density at radius 1 is 1.22 bits per heavy atom. The highest BCUT2D eigenvalue weighted by Gasteiger charge is 2.17. The Balaban J connectivity index is 2.16. The first-order valence-corrected chi connectivity index (χ1v) is 9.15. The largest absolute Gasteiger partial charge is 0.231 e. The Hall–Kier alpha value is -2.50. The summed E-state index contributed by atoms with van der Waals surface area (Å²) in [6.45, 7) is 0. The summed E-state index contributed by atoms with van der Waals surface area (Å²) in [7, 11) is -3.30. The van der Waals surface area contributed by atoms with Gasteiger partial charge in [0.1, 0.15) is 16.1 Å². The summed E-state index contributed by atoms with van der Waals surface area (Å²) in [5.41, 5.74) is 1.35. The zero-order valence-corrected chi connectivity index (χ0v) is 13.5. The highest BCUT2D eigenvalue weighted by atomic mass is 32.2. The summed E-state index contributed by atoms with van der Waals surface area (Å²) in [4.78, 5) is 0.656. The smallest absolute Gasteiger partial charge is 0.184 e. The average Bonchev–Trinajstić information content (AvgIpc) is 3.14. The van der Waals surface area contributed by atoms with Crippen LogP contribution in [-0.2, 0) is 9.84 Å². The summed E-state index contributed by atoms with van der Waals surface area (Å²) in [6.07, 6.45) is 1.14. The molecule has 2 heterocycles. The van der Waals surface area contributed by atoms with E-state index in [1.807, 2.05) is 6.07 Å². The molecule has 2 aromatic heterocycles. The van der Waals surface area contributed by atoms with E-state index >= 15 is 0 Å². The number of sulfone groups is 1. The first kappa shape index (κ1) is 15.4. The van der Waals surface area contributed by atoms with Gasteiger partial charge in [-0.15, -0.1) is 11.3 Å². The van der Waals surface area contributed by atoms with Crippen molar-refractivity contribution >= 4 is 21.2 Å². The Morgan fingerprint density at radius 3 is 2.48 bits per heavy atom. The van der Waals surface area contributed by atoms with Crippen LogP contribution < -0.4 is 0 Å². The fourth-order valence-electron chi connectivity index (χ4n) is 2.05. The molecule has 0 saturated heterocycles. The molecule has 0 spiro atoms. The third kappa shape index (κ3) is 3.02. The van der Waals surface area contributed by atoms with Gasteiger partial charge in [0, 0.05) is 12.3 Å². The highest BCUT2D eigenvalue weighted by molar-refractivity contribution is 7.92. The van der Waals surface area contributed by atoms with E-state index in [4.69, 9.17) is 5.26 Å². The second-order valence-electron chi connectivity index (χ2n) is 4.81. The van der Waals surface area contributed by atoms with Gasteiger partial charge in [-0.2, -0.15) is 10.4 Å². The predicted molar refractivity (Wildman–Crippen MR) is 84.7 cm³/mol. The maximum atomic E-state index is 13.1. The second kappa shape index (κ2) is 5.61. The van der Waals surface area contributed by atoms with E-state index in [1.54, 1.807) is 12.1 Å². The SMILES string of the molecule is CS(=O)(=O)c1ccc(-c2cc(C#N)nn2-c2ccc(F)cc2)s1. The van der Waals surface area contributed by atoms with E-state index in [0.29, 0.717) is 16.3 Å². The van der Waals surface area contributed by atoms with Gasteiger partial charge in [0.15, 0.2) is 15.5 Å². The number of hydrogen-bond donors (Lipinski definition) is 0. The third-order valence-electron chi connectivity index (χ3n) is 3.09. The van der Waals surface area contributed by atoms with Gasteiger partial charge in [-0.25, -0.2) is 17.5 Å².